The van der Waals surface area contributed by atoms with E-state index in [4.69, 9.17) is 32.7 Å². The number of amides is 1. The summed E-state index contributed by atoms with van der Waals surface area (Å²) in [6.45, 7) is 4.52. The molecule has 0 bridgehead atoms. The normalized spacial score (nSPS) is 17.6. The first kappa shape index (κ1) is 23.2. The van der Waals surface area contributed by atoms with E-state index in [-0.39, 0.29) is 39.2 Å². The highest BCUT2D eigenvalue weighted by molar-refractivity contribution is 7.89. The van der Waals surface area contributed by atoms with Gasteiger partial charge in [-0.15, -0.1) is 0 Å². The first-order chi connectivity index (χ1) is 15.2. The van der Waals surface area contributed by atoms with Crippen molar-refractivity contribution in [2.75, 3.05) is 6.61 Å². The minimum Gasteiger partial charge on any atom is -0.494 e. The molecule has 10 heteroatoms. The number of sulfonamides is 1. The van der Waals surface area contributed by atoms with Crippen LogP contribution in [0.3, 0.4) is 0 Å². The molecular weight excluding hydrogens is 475 g/mol. The third-order valence-corrected chi connectivity index (χ3v) is 7.57. The molecule has 1 fully saturated rings. The van der Waals surface area contributed by atoms with Crippen LogP contribution in [0.4, 0.5) is 0 Å². The highest BCUT2D eigenvalue weighted by Gasteiger charge is 2.30. The molecule has 1 atom stereocenters. The van der Waals surface area contributed by atoms with E-state index < -0.39 is 15.9 Å². The van der Waals surface area contributed by atoms with Crippen LogP contribution >= 0.6 is 23.2 Å². The summed E-state index contributed by atoms with van der Waals surface area (Å²) in [4.78, 5) is 12.7. The standard InChI is InChI=1S/C22H24Cl2N2O5S/c1-3-30-19-7-13-6-12(2)31-20(13)8-14(19)11-25-22(27)16-9-21(18(24)10-17(16)23)32(28,29)26-15-4-5-15/h7-10,12,15,26H,3-6,11H2,1-2H3,(H,25,27). The van der Waals surface area contributed by atoms with Crippen LogP contribution < -0.4 is 19.5 Å². The zero-order valence-electron chi connectivity index (χ0n) is 17.7. The fraction of sp³-hybridized carbons (Fsp3) is 0.409. The summed E-state index contributed by atoms with van der Waals surface area (Å²) in [7, 11) is -3.85. The third kappa shape index (κ3) is 4.98. The Hall–Kier alpha value is -2.00. The number of ether oxygens (including phenoxy) is 2. The maximum Gasteiger partial charge on any atom is 0.253 e. The maximum absolute atomic E-state index is 12.9. The van der Waals surface area contributed by atoms with Crippen LogP contribution in [-0.2, 0) is 23.0 Å². The molecule has 2 aromatic rings. The molecule has 0 spiro atoms. The summed E-state index contributed by atoms with van der Waals surface area (Å²) < 4.78 is 39.4. The first-order valence-electron chi connectivity index (χ1n) is 10.4. The second kappa shape index (κ2) is 9.09. The lowest BCUT2D eigenvalue weighted by Crippen LogP contribution is -2.27. The molecule has 1 unspecified atom stereocenters. The summed E-state index contributed by atoms with van der Waals surface area (Å²) in [5, 5.41) is 2.82. The van der Waals surface area contributed by atoms with Gasteiger partial charge in [-0.1, -0.05) is 23.2 Å². The Balaban J connectivity index is 1.56. The van der Waals surface area contributed by atoms with Gasteiger partial charge in [-0.2, -0.15) is 0 Å². The molecule has 4 rings (SSSR count). The number of rotatable bonds is 8. The van der Waals surface area contributed by atoms with Crippen molar-refractivity contribution in [3.05, 3.63) is 51.0 Å². The van der Waals surface area contributed by atoms with Gasteiger partial charge in [0, 0.05) is 30.1 Å². The SMILES string of the molecule is CCOc1cc2c(cc1CNC(=O)c1cc(S(=O)(=O)NC3CC3)c(Cl)cc1Cl)OC(C)C2. The number of nitrogens with one attached hydrogen (secondary N) is 2. The Labute approximate surface area is 197 Å². The molecule has 7 nitrogen and oxygen atoms in total. The largest absolute Gasteiger partial charge is 0.494 e. The predicted molar refractivity (Wildman–Crippen MR) is 122 cm³/mol. The van der Waals surface area contributed by atoms with Crippen LogP contribution in [0.25, 0.3) is 0 Å². The number of benzene rings is 2. The van der Waals surface area contributed by atoms with E-state index >= 15 is 0 Å². The minimum atomic E-state index is -3.85. The van der Waals surface area contributed by atoms with Crippen LogP contribution in [-0.4, -0.2) is 33.1 Å². The van der Waals surface area contributed by atoms with Crippen molar-refractivity contribution >= 4 is 39.1 Å². The average Bonchev–Trinajstić information content (AvgIpc) is 3.43. The Morgan fingerprint density at radius 1 is 1.19 bits per heavy atom. The van der Waals surface area contributed by atoms with E-state index in [2.05, 4.69) is 10.0 Å². The third-order valence-electron chi connectivity index (χ3n) is 5.27. The smallest absolute Gasteiger partial charge is 0.253 e. The van der Waals surface area contributed by atoms with E-state index in [1.165, 1.54) is 12.1 Å². The molecule has 2 N–H and O–H groups in total. The fourth-order valence-electron chi connectivity index (χ4n) is 3.57. The molecule has 1 heterocycles. The van der Waals surface area contributed by atoms with E-state index in [0.717, 1.165) is 36.1 Å². The van der Waals surface area contributed by atoms with Crippen molar-refractivity contribution in [1.29, 1.82) is 0 Å². The highest BCUT2D eigenvalue weighted by Crippen LogP contribution is 2.35. The lowest BCUT2D eigenvalue weighted by molar-refractivity contribution is 0.0950. The Bertz CT molecular complexity index is 1170. The molecule has 1 amide bonds. The van der Waals surface area contributed by atoms with Gasteiger partial charge in [-0.05, 0) is 51.0 Å². The molecule has 0 saturated heterocycles. The molecular formula is C22H24Cl2N2O5S. The first-order valence-corrected chi connectivity index (χ1v) is 12.7. The minimum absolute atomic E-state index is 0.0243. The molecule has 0 radical (unpaired) electrons. The van der Waals surface area contributed by atoms with Gasteiger partial charge in [0.15, 0.2) is 0 Å². The van der Waals surface area contributed by atoms with E-state index in [0.29, 0.717) is 12.4 Å². The Morgan fingerprint density at radius 2 is 1.94 bits per heavy atom. The van der Waals surface area contributed by atoms with Gasteiger partial charge in [-0.3, -0.25) is 4.79 Å². The molecule has 32 heavy (non-hydrogen) atoms. The van der Waals surface area contributed by atoms with E-state index in [1.807, 2.05) is 26.0 Å². The summed E-state index contributed by atoms with van der Waals surface area (Å²) >= 11 is 12.3. The molecule has 1 saturated carbocycles. The molecule has 1 aliphatic carbocycles. The predicted octanol–water partition coefficient (Wildman–Crippen LogP) is 4.09. The fourth-order valence-corrected chi connectivity index (χ4v) is 5.74. The second-order valence-corrected chi connectivity index (χ2v) is 10.5. The van der Waals surface area contributed by atoms with Gasteiger partial charge < -0.3 is 14.8 Å². The number of hydrogen-bond acceptors (Lipinski definition) is 5. The van der Waals surface area contributed by atoms with Crippen molar-refractivity contribution in [2.45, 2.75) is 56.7 Å². The van der Waals surface area contributed by atoms with Gasteiger partial charge in [0.25, 0.3) is 5.91 Å². The van der Waals surface area contributed by atoms with Crippen LogP contribution in [0.2, 0.25) is 10.0 Å². The monoisotopic (exact) mass is 498 g/mol. The van der Waals surface area contributed by atoms with Gasteiger partial charge in [0.05, 0.1) is 22.2 Å². The zero-order chi connectivity index (χ0) is 23.0. The van der Waals surface area contributed by atoms with Crippen molar-refractivity contribution < 1.29 is 22.7 Å². The van der Waals surface area contributed by atoms with Gasteiger partial charge in [0.1, 0.15) is 22.5 Å². The quantitative estimate of drug-likeness (QED) is 0.571. The number of halogens is 2. The summed E-state index contributed by atoms with van der Waals surface area (Å²) in [6.07, 6.45) is 2.45. The topological polar surface area (TPSA) is 93.7 Å². The van der Waals surface area contributed by atoms with Crippen LogP contribution in [0.5, 0.6) is 11.5 Å². The van der Waals surface area contributed by atoms with Gasteiger partial charge >= 0.3 is 0 Å². The molecule has 0 aromatic heterocycles. The van der Waals surface area contributed by atoms with E-state index in [1.54, 1.807) is 0 Å². The number of fused-ring (bicyclic) bond motifs is 1. The Morgan fingerprint density at radius 3 is 2.62 bits per heavy atom. The summed E-state index contributed by atoms with van der Waals surface area (Å²) in [5.41, 5.74) is 1.84. The Kier molecular flexibility index (Phi) is 6.58. The van der Waals surface area contributed by atoms with Crippen LogP contribution in [0.1, 0.15) is 48.2 Å². The lowest BCUT2D eigenvalue weighted by atomic mass is 10.1. The van der Waals surface area contributed by atoms with Crippen LogP contribution in [0.15, 0.2) is 29.2 Å². The zero-order valence-corrected chi connectivity index (χ0v) is 20.0. The van der Waals surface area contributed by atoms with Crippen molar-refractivity contribution in [3.63, 3.8) is 0 Å². The van der Waals surface area contributed by atoms with Gasteiger partial charge in [-0.25, -0.2) is 13.1 Å². The number of carbonyl (C=O) groups is 1. The van der Waals surface area contributed by atoms with Crippen LogP contribution in [0, 0.1) is 0 Å². The number of hydrogen-bond donors (Lipinski definition) is 2. The second-order valence-electron chi connectivity index (χ2n) is 7.97. The number of carbonyl (C=O) groups excluding carboxylic acids is 1. The lowest BCUT2D eigenvalue weighted by Gasteiger charge is -2.15. The highest BCUT2D eigenvalue weighted by atomic mass is 35.5. The molecule has 172 valence electrons. The molecule has 1 aliphatic heterocycles. The van der Waals surface area contributed by atoms with Gasteiger partial charge in [0.2, 0.25) is 10.0 Å². The van der Waals surface area contributed by atoms with E-state index in [9.17, 15) is 13.2 Å². The van der Waals surface area contributed by atoms with Crippen molar-refractivity contribution in [1.82, 2.24) is 10.0 Å². The maximum atomic E-state index is 12.9. The summed E-state index contributed by atoms with van der Waals surface area (Å²) in [5.74, 6) is 0.921. The van der Waals surface area contributed by atoms with Crippen molar-refractivity contribution in [3.8, 4) is 11.5 Å². The molecule has 2 aliphatic rings. The van der Waals surface area contributed by atoms with Crippen molar-refractivity contribution in [2.24, 2.45) is 0 Å². The average molecular weight is 499 g/mol. The summed E-state index contributed by atoms with van der Waals surface area (Å²) in [6, 6.07) is 6.19. The molecule has 2 aromatic carbocycles.